The van der Waals surface area contributed by atoms with E-state index in [9.17, 15) is 4.79 Å². The summed E-state index contributed by atoms with van der Waals surface area (Å²) in [5.74, 6) is 0.612. The van der Waals surface area contributed by atoms with Crippen LogP contribution in [-0.2, 0) is 13.0 Å². The molecule has 0 unspecified atom stereocenters. The molecule has 0 atom stereocenters. The molecule has 0 saturated heterocycles. The van der Waals surface area contributed by atoms with Gasteiger partial charge in [0.05, 0.1) is 5.56 Å². The van der Waals surface area contributed by atoms with Crippen LogP contribution in [0, 0.1) is 11.3 Å². The van der Waals surface area contributed by atoms with Gasteiger partial charge in [0.25, 0.3) is 5.91 Å². The van der Waals surface area contributed by atoms with Crippen LogP contribution in [0.4, 0.5) is 5.82 Å². The van der Waals surface area contributed by atoms with Crippen LogP contribution >= 0.6 is 0 Å². The summed E-state index contributed by atoms with van der Waals surface area (Å²) < 4.78 is 0. The molecule has 0 saturated carbocycles. The number of nitrogens with one attached hydrogen (secondary N) is 2. The second-order valence-corrected chi connectivity index (χ2v) is 5.04. The van der Waals surface area contributed by atoms with Gasteiger partial charge in [-0.1, -0.05) is 6.07 Å². The van der Waals surface area contributed by atoms with E-state index in [1.165, 1.54) is 0 Å². The van der Waals surface area contributed by atoms with Gasteiger partial charge in [0, 0.05) is 42.5 Å². The van der Waals surface area contributed by atoms with E-state index in [0.717, 1.165) is 29.2 Å². The second kappa shape index (κ2) is 5.82. The van der Waals surface area contributed by atoms with Crippen LogP contribution in [-0.4, -0.2) is 22.4 Å². The summed E-state index contributed by atoms with van der Waals surface area (Å²) in [6.07, 6.45) is 2.07. The number of hydrogen-bond donors (Lipinski definition) is 2. The molecule has 6 nitrogen and oxygen atoms in total. The lowest BCUT2D eigenvalue weighted by Gasteiger charge is -2.10. The molecule has 110 valence electrons. The van der Waals surface area contributed by atoms with Crippen molar-refractivity contribution in [3.63, 3.8) is 0 Å². The van der Waals surface area contributed by atoms with Crippen LogP contribution < -0.4 is 10.6 Å². The van der Waals surface area contributed by atoms with Crippen molar-refractivity contribution < 1.29 is 4.79 Å². The fraction of sp³-hybridized carbons (Fsp3) is 0.250. The Labute approximate surface area is 128 Å². The molecule has 2 aromatic rings. The highest BCUT2D eigenvalue weighted by Crippen LogP contribution is 2.20. The Balaban J connectivity index is 1.94. The summed E-state index contributed by atoms with van der Waals surface area (Å²) in [5, 5.41) is 15.0. The minimum Gasteiger partial charge on any atom is -0.370 e. The molecule has 0 radical (unpaired) electrons. The van der Waals surface area contributed by atoms with E-state index < -0.39 is 0 Å². The van der Waals surface area contributed by atoms with Crippen molar-refractivity contribution in [1.82, 2.24) is 15.3 Å². The lowest BCUT2D eigenvalue weighted by molar-refractivity contribution is 0.0961. The molecule has 6 heteroatoms. The number of nitrogens with zero attached hydrogens (tertiary/aromatic N) is 3. The number of aromatic nitrogens is 2. The van der Waals surface area contributed by atoms with E-state index >= 15 is 0 Å². The van der Waals surface area contributed by atoms with E-state index in [1.807, 2.05) is 19.1 Å². The third-order valence-corrected chi connectivity index (χ3v) is 3.50. The number of pyridine rings is 2. The summed E-state index contributed by atoms with van der Waals surface area (Å²) in [6.45, 7) is 3.27. The van der Waals surface area contributed by atoms with Crippen LogP contribution in [0.2, 0.25) is 0 Å². The summed E-state index contributed by atoms with van der Waals surface area (Å²) in [6, 6.07) is 7.73. The first kappa shape index (κ1) is 14.0. The first-order valence-electron chi connectivity index (χ1n) is 7.11. The zero-order valence-electron chi connectivity index (χ0n) is 12.2. The van der Waals surface area contributed by atoms with E-state index in [-0.39, 0.29) is 5.91 Å². The van der Waals surface area contributed by atoms with Crippen molar-refractivity contribution in [3.8, 4) is 6.07 Å². The Morgan fingerprint density at radius 2 is 2.32 bits per heavy atom. The maximum absolute atomic E-state index is 11.7. The van der Waals surface area contributed by atoms with Gasteiger partial charge in [0.1, 0.15) is 17.6 Å². The summed E-state index contributed by atoms with van der Waals surface area (Å²) in [7, 11) is 0. The largest absolute Gasteiger partial charge is 0.370 e. The van der Waals surface area contributed by atoms with E-state index in [2.05, 4.69) is 26.7 Å². The number of anilines is 1. The second-order valence-electron chi connectivity index (χ2n) is 5.04. The maximum atomic E-state index is 11.7. The first-order chi connectivity index (χ1) is 10.7. The molecule has 0 bridgehead atoms. The predicted molar refractivity (Wildman–Crippen MR) is 81.3 cm³/mol. The molecule has 2 aromatic heterocycles. The predicted octanol–water partition coefficient (Wildman–Crippen LogP) is 1.61. The average Bonchev–Trinajstić information content (AvgIpc) is 2.90. The molecular formula is C16H15N5O. The molecule has 1 aliphatic heterocycles. The zero-order valence-corrected chi connectivity index (χ0v) is 12.2. The van der Waals surface area contributed by atoms with Gasteiger partial charge in [-0.3, -0.25) is 4.79 Å². The van der Waals surface area contributed by atoms with Gasteiger partial charge in [-0.15, -0.1) is 0 Å². The van der Waals surface area contributed by atoms with Crippen molar-refractivity contribution in [1.29, 1.82) is 5.26 Å². The van der Waals surface area contributed by atoms with Gasteiger partial charge < -0.3 is 10.6 Å². The van der Waals surface area contributed by atoms with Crippen LogP contribution in [0.1, 0.15) is 39.8 Å². The van der Waals surface area contributed by atoms with Crippen molar-refractivity contribution in [2.45, 2.75) is 19.9 Å². The Morgan fingerprint density at radius 3 is 3.09 bits per heavy atom. The molecule has 1 aliphatic rings. The third-order valence-electron chi connectivity index (χ3n) is 3.50. The van der Waals surface area contributed by atoms with Crippen LogP contribution in [0.5, 0.6) is 0 Å². The number of nitriles is 1. The molecule has 0 aliphatic carbocycles. The molecule has 0 fully saturated rings. The van der Waals surface area contributed by atoms with Gasteiger partial charge >= 0.3 is 0 Å². The average molecular weight is 293 g/mol. The van der Waals surface area contributed by atoms with Crippen molar-refractivity contribution >= 4 is 11.7 Å². The molecule has 3 rings (SSSR count). The monoisotopic (exact) mass is 293 g/mol. The van der Waals surface area contributed by atoms with E-state index in [0.29, 0.717) is 24.2 Å². The lowest BCUT2D eigenvalue weighted by Crippen LogP contribution is -2.13. The van der Waals surface area contributed by atoms with Crippen molar-refractivity contribution in [2.75, 3.05) is 11.9 Å². The fourth-order valence-corrected chi connectivity index (χ4v) is 2.45. The van der Waals surface area contributed by atoms with Gasteiger partial charge in [0.2, 0.25) is 0 Å². The maximum Gasteiger partial charge on any atom is 0.270 e. The molecule has 22 heavy (non-hydrogen) atoms. The number of rotatable bonds is 4. The molecule has 0 spiro atoms. The van der Waals surface area contributed by atoms with E-state index in [1.54, 1.807) is 12.3 Å². The standard InChI is InChI=1S/C16H15N5O/c1-2-18-15-12(5-10(7-17)8-19-15)6-13-4-3-11-9-20-16(22)14(11)21-13/h3-5,8H,2,6,9H2,1H3,(H,18,19)(H,20,22). The highest BCUT2D eigenvalue weighted by Gasteiger charge is 2.20. The quantitative estimate of drug-likeness (QED) is 0.893. The van der Waals surface area contributed by atoms with Gasteiger partial charge in [-0.25, -0.2) is 9.97 Å². The number of carbonyl (C=O) groups excluding carboxylic acids is 1. The number of amides is 1. The van der Waals surface area contributed by atoms with Crippen LogP contribution in [0.25, 0.3) is 0 Å². The Hall–Kier alpha value is -2.94. The smallest absolute Gasteiger partial charge is 0.270 e. The van der Waals surface area contributed by atoms with Gasteiger partial charge in [-0.2, -0.15) is 5.26 Å². The molecule has 3 heterocycles. The lowest BCUT2D eigenvalue weighted by atomic mass is 10.1. The molecule has 1 amide bonds. The minimum absolute atomic E-state index is 0.132. The topological polar surface area (TPSA) is 90.7 Å². The Morgan fingerprint density at radius 1 is 1.45 bits per heavy atom. The van der Waals surface area contributed by atoms with Crippen molar-refractivity contribution in [2.24, 2.45) is 0 Å². The normalized spacial score (nSPS) is 12.5. The number of fused-ring (bicyclic) bond motifs is 1. The summed E-state index contributed by atoms with van der Waals surface area (Å²) in [5.41, 5.74) is 3.60. The minimum atomic E-state index is -0.132. The zero-order chi connectivity index (χ0) is 15.5. The molecule has 0 aromatic carbocycles. The molecular weight excluding hydrogens is 278 g/mol. The van der Waals surface area contributed by atoms with Crippen LogP contribution in [0.3, 0.4) is 0 Å². The summed E-state index contributed by atoms with van der Waals surface area (Å²) in [4.78, 5) is 20.4. The number of carbonyl (C=O) groups is 1. The fourth-order valence-electron chi connectivity index (χ4n) is 2.45. The highest BCUT2D eigenvalue weighted by molar-refractivity contribution is 5.96. The Kier molecular flexibility index (Phi) is 3.71. The van der Waals surface area contributed by atoms with Gasteiger partial charge in [-0.05, 0) is 19.1 Å². The Bertz CT molecular complexity index is 779. The first-order valence-corrected chi connectivity index (χ1v) is 7.11. The van der Waals surface area contributed by atoms with Crippen LogP contribution in [0.15, 0.2) is 24.4 Å². The summed E-state index contributed by atoms with van der Waals surface area (Å²) >= 11 is 0. The molecule has 2 N–H and O–H groups in total. The highest BCUT2D eigenvalue weighted by atomic mass is 16.2. The van der Waals surface area contributed by atoms with E-state index in [4.69, 9.17) is 5.26 Å². The SMILES string of the molecule is CCNc1ncc(C#N)cc1Cc1ccc2c(n1)C(=O)NC2. The number of hydrogen-bond acceptors (Lipinski definition) is 5. The van der Waals surface area contributed by atoms with Gasteiger partial charge in [0.15, 0.2) is 0 Å². The third kappa shape index (κ3) is 2.61. The van der Waals surface area contributed by atoms with Crippen molar-refractivity contribution in [3.05, 3.63) is 52.5 Å².